The molecular formula is C8H18O6. The lowest BCUT2D eigenvalue weighted by Gasteiger charge is -1.96. The van der Waals surface area contributed by atoms with Crippen molar-refractivity contribution in [3.63, 3.8) is 0 Å². The van der Waals surface area contributed by atoms with Crippen molar-refractivity contribution in [2.24, 2.45) is 0 Å². The lowest BCUT2D eigenvalue weighted by Crippen LogP contribution is -2.15. The molecule has 0 rings (SSSR count). The standard InChI is InChI=1S/C4H6O2.C3H8O3.CH4O/c1-3-4(5)6-2;4-1-3(6)2-5;1-2/h3H,1H2,2H3;3-6H,1-2H2;2H,1H3. The van der Waals surface area contributed by atoms with E-state index in [0.29, 0.717) is 0 Å². The van der Waals surface area contributed by atoms with Gasteiger partial charge in [0.25, 0.3) is 0 Å². The summed E-state index contributed by atoms with van der Waals surface area (Å²) >= 11 is 0. The molecule has 0 fully saturated rings. The molecule has 4 N–H and O–H groups in total. The van der Waals surface area contributed by atoms with Crippen LogP contribution in [0, 0.1) is 0 Å². The Morgan fingerprint density at radius 3 is 1.79 bits per heavy atom. The van der Waals surface area contributed by atoms with Crippen LogP contribution in [0.25, 0.3) is 0 Å². The second-order valence-corrected chi connectivity index (χ2v) is 1.75. The molecule has 0 aliphatic rings. The molecule has 0 aromatic heterocycles. The molecule has 0 bridgehead atoms. The lowest BCUT2D eigenvalue weighted by molar-refractivity contribution is -0.134. The Balaban J connectivity index is -0.000000147. The summed E-state index contributed by atoms with van der Waals surface area (Å²) in [6, 6.07) is 0. The summed E-state index contributed by atoms with van der Waals surface area (Å²) < 4.78 is 4.14. The van der Waals surface area contributed by atoms with Gasteiger partial charge in [0, 0.05) is 13.2 Å². The summed E-state index contributed by atoms with van der Waals surface area (Å²) in [4.78, 5) is 9.84. The number of rotatable bonds is 3. The van der Waals surface area contributed by atoms with Crippen molar-refractivity contribution in [3.8, 4) is 0 Å². The zero-order valence-electron chi connectivity index (χ0n) is 8.38. The Hall–Kier alpha value is -0.950. The van der Waals surface area contributed by atoms with Gasteiger partial charge in [0.2, 0.25) is 0 Å². The first-order valence-corrected chi connectivity index (χ1v) is 3.67. The Labute approximate surface area is 83.1 Å². The van der Waals surface area contributed by atoms with Gasteiger partial charge in [-0.25, -0.2) is 4.79 Å². The van der Waals surface area contributed by atoms with Crippen LogP contribution in [-0.2, 0) is 9.53 Å². The number of hydrogen-bond acceptors (Lipinski definition) is 6. The smallest absolute Gasteiger partial charge is 0.329 e. The van der Waals surface area contributed by atoms with Gasteiger partial charge < -0.3 is 25.2 Å². The lowest BCUT2D eigenvalue weighted by atomic mass is 10.4. The molecule has 0 unspecified atom stereocenters. The van der Waals surface area contributed by atoms with Gasteiger partial charge in [0.1, 0.15) is 6.10 Å². The summed E-state index contributed by atoms with van der Waals surface area (Å²) in [5.41, 5.74) is 0. The maximum Gasteiger partial charge on any atom is 0.329 e. The molecule has 0 spiro atoms. The molecule has 0 heterocycles. The van der Waals surface area contributed by atoms with E-state index in [0.717, 1.165) is 13.2 Å². The highest BCUT2D eigenvalue weighted by Gasteiger charge is 1.93. The first-order chi connectivity index (χ1) is 6.62. The molecule has 0 saturated carbocycles. The van der Waals surface area contributed by atoms with E-state index in [1.54, 1.807) is 0 Å². The van der Waals surface area contributed by atoms with Crippen molar-refractivity contribution in [3.05, 3.63) is 12.7 Å². The van der Waals surface area contributed by atoms with Crippen LogP contribution in [0.2, 0.25) is 0 Å². The van der Waals surface area contributed by atoms with Gasteiger partial charge in [-0.05, 0) is 0 Å². The maximum atomic E-state index is 9.84. The fraction of sp³-hybridized carbons (Fsp3) is 0.625. The van der Waals surface area contributed by atoms with Gasteiger partial charge in [-0.1, -0.05) is 6.58 Å². The number of aliphatic hydroxyl groups excluding tert-OH is 4. The van der Waals surface area contributed by atoms with Crippen LogP contribution < -0.4 is 0 Å². The van der Waals surface area contributed by atoms with Gasteiger partial charge in [-0.2, -0.15) is 0 Å². The number of carbonyl (C=O) groups excluding carboxylic acids is 1. The van der Waals surface area contributed by atoms with Crippen LogP contribution in [0.15, 0.2) is 12.7 Å². The van der Waals surface area contributed by atoms with Gasteiger partial charge in [-0.15, -0.1) is 0 Å². The van der Waals surface area contributed by atoms with Crippen LogP contribution in [-0.4, -0.2) is 59.9 Å². The van der Waals surface area contributed by atoms with Crippen LogP contribution in [0.1, 0.15) is 0 Å². The van der Waals surface area contributed by atoms with E-state index in [4.69, 9.17) is 20.4 Å². The first-order valence-electron chi connectivity index (χ1n) is 3.67. The van der Waals surface area contributed by atoms with Gasteiger partial charge >= 0.3 is 5.97 Å². The van der Waals surface area contributed by atoms with Crippen LogP contribution in [0.4, 0.5) is 0 Å². The fourth-order valence-electron chi connectivity index (χ4n) is 0.141. The van der Waals surface area contributed by atoms with Crippen LogP contribution in [0.5, 0.6) is 0 Å². The third-order valence-electron chi connectivity index (χ3n) is 0.789. The molecule has 0 aromatic carbocycles. The first kappa shape index (κ1) is 18.8. The minimum absolute atomic E-state index is 0.365. The SMILES string of the molecule is C=CC(=O)OC.CO.OCC(O)CO. The molecule has 6 nitrogen and oxygen atoms in total. The highest BCUT2D eigenvalue weighted by atomic mass is 16.5. The third-order valence-corrected chi connectivity index (χ3v) is 0.789. The second kappa shape index (κ2) is 18.0. The summed E-state index contributed by atoms with van der Waals surface area (Å²) in [6.45, 7) is 2.43. The molecule has 0 aliphatic carbocycles. The number of carbonyl (C=O) groups is 1. The topological polar surface area (TPSA) is 107 Å². The predicted molar refractivity (Wildman–Crippen MR) is 50.5 cm³/mol. The van der Waals surface area contributed by atoms with Gasteiger partial charge in [0.15, 0.2) is 0 Å². The molecule has 6 heteroatoms. The molecular weight excluding hydrogens is 192 g/mol. The van der Waals surface area contributed by atoms with Gasteiger partial charge in [-0.3, -0.25) is 0 Å². The predicted octanol–water partition coefficient (Wildman–Crippen LogP) is -1.71. The second-order valence-electron chi connectivity index (χ2n) is 1.75. The monoisotopic (exact) mass is 210 g/mol. The molecule has 14 heavy (non-hydrogen) atoms. The highest BCUT2D eigenvalue weighted by molar-refractivity contribution is 5.80. The zero-order chi connectivity index (χ0) is 12.0. The van der Waals surface area contributed by atoms with Crippen molar-refractivity contribution >= 4 is 5.97 Å². The molecule has 86 valence electrons. The maximum absolute atomic E-state index is 9.84. The molecule has 0 radical (unpaired) electrons. The summed E-state index contributed by atoms with van der Waals surface area (Å²) in [6.07, 6.45) is 0.157. The molecule has 0 aromatic rings. The average molecular weight is 210 g/mol. The Bertz CT molecular complexity index is 121. The van der Waals surface area contributed by atoms with E-state index >= 15 is 0 Å². The molecule has 0 atom stereocenters. The largest absolute Gasteiger partial charge is 0.466 e. The van der Waals surface area contributed by atoms with Crippen LogP contribution >= 0.6 is 0 Å². The third kappa shape index (κ3) is 22.5. The van der Waals surface area contributed by atoms with E-state index in [1.807, 2.05) is 0 Å². The number of hydrogen-bond donors (Lipinski definition) is 4. The van der Waals surface area contributed by atoms with Crippen molar-refractivity contribution in [1.29, 1.82) is 0 Å². The number of esters is 1. The quantitative estimate of drug-likeness (QED) is 0.326. The Morgan fingerprint density at radius 2 is 1.79 bits per heavy atom. The van der Waals surface area contributed by atoms with E-state index in [-0.39, 0.29) is 13.2 Å². The zero-order valence-corrected chi connectivity index (χ0v) is 8.38. The van der Waals surface area contributed by atoms with E-state index in [2.05, 4.69) is 11.3 Å². The number of methoxy groups -OCH3 is 1. The minimum Gasteiger partial charge on any atom is -0.466 e. The molecule has 0 saturated heterocycles. The summed E-state index contributed by atoms with van der Waals surface area (Å²) in [5.74, 6) is -0.394. The summed E-state index contributed by atoms with van der Waals surface area (Å²) in [5, 5.41) is 31.0. The number of aliphatic hydroxyl groups is 4. The highest BCUT2D eigenvalue weighted by Crippen LogP contribution is 1.71. The van der Waals surface area contributed by atoms with E-state index < -0.39 is 12.1 Å². The Morgan fingerprint density at radius 1 is 1.43 bits per heavy atom. The van der Waals surface area contributed by atoms with E-state index in [1.165, 1.54) is 7.11 Å². The van der Waals surface area contributed by atoms with Crippen molar-refractivity contribution in [2.45, 2.75) is 6.10 Å². The van der Waals surface area contributed by atoms with Gasteiger partial charge in [0.05, 0.1) is 20.3 Å². The minimum atomic E-state index is -0.954. The van der Waals surface area contributed by atoms with Crippen LogP contribution in [0.3, 0.4) is 0 Å². The van der Waals surface area contributed by atoms with Crippen molar-refractivity contribution in [2.75, 3.05) is 27.4 Å². The summed E-state index contributed by atoms with van der Waals surface area (Å²) in [7, 11) is 2.31. The normalized spacial score (nSPS) is 7.64. The van der Waals surface area contributed by atoms with Crippen molar-refractivity contribution < 1.29 is 30.0 Å². The number of ether oxygens (including phenoxy) is 1. The molecule has 0 amide bonds. The van der Waals surface area contributed by atoms with Crippen molar-refractivity contribution in [1.82, 2.24) is 0 Å². The Kier molecular flexibility index (Phi) is 24.1. The van der Waals surface area contributed by atoms with E-state index in [9.17, 15) is 4.79 Å². The molecule has 0 aliphatic heterocycles. The fourth-order valence-corrected chi connectivity index (χ4v) is 0.141. The average Bonchev–Trinajstić information content (AvgIpc) is 2.30.